The van der Waals surface area contributed by atoms with Crippen molar-refractivity contribution in [3.63, 3.8) is 0 Å². The number of hydrogen-bond donors (Lipinski definition) is 0. The van der Waals surface area contributed by atoms with Crippen molar-refractivity contribution in [2.24, 2.45) is 124 Å². The predicted octanol–water partition coefficient (Wildman–Crippen LogP) is 43.2. The lowest BCUT2D eigenvalue weighted by molar-refractivity contribution is -0.0321. The van der Waals surface area contributed by atoms with Crippen LogP contribution in [0.5, 0.6) is 0 Å². The smallest absolute Gasteiger partial charge is 0.0162 e. The van der Waals surface area contributed by atoms with E-state index in [4.69, 9.17) is 0 Å². The molecule has 0 unspecified atom stereocenters. The molecule has 740 valence electrons. The maximum absolute atomic E-state index is 2.49. The molecule has 0 amide bonds. The third kappa shape index (κ3) is 38.3. The average molecular weight is 1770 g/mol. The fourth-order valence-corrected chi connectivity index (χ4v) is 31.6. The summed E-state index contributed by atoms with van der Waals surface area (Å²) in [5, 5.41) is 0. The highest BCUT2D eigenvalue weighted by Gasteiger charge is 2.50. The second-order valence-electron chi connectivity index (χ2n) is 57.8. The zero-order chi connectivity index (χ0) is 93.2. The van der Waals surface area contributed by atoms with Gasteiger partial charge in [-0.2, -0.15) is 0 Å². The van der Waals surface area contributed by atoms with E-state index < -0.39 is 0 Å². The Bertz CT molecular complexity index is 3190. The molecule has 0 heterocycles. The summed E-state index contributed by atoms with van der Waals surface area (Å²) in [4.78, 5) is 0. The minimum absolute atomic E-state index is 0.556. The summed E-state index contributed by atoms with van der Waals surface area (Å²) in [5.74, 6) is 10.7. The van der Waals surface area contributed by atoms with Crippen LogP contribution in [0.4, 0.5) is 0 Å². The number of hydrogen-bond acceptors (Lipinski definition) is 0. The summed E-state index contributed by atoms with van der Waals surface area (Å²) in [5.41, 5.74) is 14.8. The van der Waals surface area contributed by atoms with Gasteiger partial charge in [-0.3, -0.25) is 0 Å². The zero-order valence-electron chi connectivity index (χ0n) is 91.8. The maximum atomic E-state index is 2.49. The first-order valence-corrected chi connectivity index (χ1v) is 58.3. The molecule has 16 aliphatic rings. The second kappa shape index (κ2) is 50.3. The average Bonchev–Trinajstić information content (AvgIpc) is 0.759. The molecular weight excluding hydrogens is 1540 g/mol. The molecule has 16 fully saturated rings. The van der Waals surface area contributed by atoms with Crippen molar-refractivity contribution in [2.75, 3.05) is 0 Å². The molecule has 128 heavy (non-hydrogen) atoms. The highest BCUT2D eigenvalue weighted by molar-refractivity contribution is 5.26. The van der Waals surface area contributed by atoms with Crippen LogP contribution in [0.1, 0.15) is 624 Å². The number of aryl methyl sites for hydroxylation is 2. The summed E-state index contributed by atoms with van der Waals surface area (Å²) < 4.78 is 0. The summed E-state index contributed by atoms with van der Waals surface area (Å²) in [7, 11) is 0. The van der Waals surface area contributed by atoms with E-state index in [1.807, 2.05) is 0 Å². The van der Waals surface area contributed by atoms with E-state index >= 15 is 0 Å². The van der Waals surface area contributed by atoms with E-state index in [2.05, 4.69) is 222 Å². The van der Waals surface area contributed by atoms with E-state index in [1.165, 1.54) is 364 Å². The summed E-state index contributed by atoms with van der Waals surface area (Å²) >= 11 is 0. The third-order valence-electron chi connectivity index (χ3n) is 40.1. The molecule has 0 heteroatoms. The number of rotatable bonds is 2. The third-order valence-corrected chi connectivity index (χ3v) is 40.1. The van der Waals surface area contributed by atoms with Gasteiger partial charge in [0.1, 0.15) is 0 Å². The van der Waals surface area contributed by atoms with Gasteiger partial charge >= 0.3 is 0 Å². The molecule has 0 atom stereocenters. The predicted molar refractivity (Wildman–Crippen MR) is 571 cm³/mol. The van der Waals surface area contributed by atoms with Gasteiger partial charge in [0.05, 0.1) is 0 Å². The van der Waals surface area contributed by atoms with Gasteiger partial charge in [-0.05, 0) is 404 Å². The molecule has 2 aromatic carbocycles. The summed E-state index contributed by atoms with van der Waals surface area (Å²) in [6.07, 6.45) is 100. The molecule has 16 aliphatic carbocycles. The Morgan fingerprint density at radius 2 is 0.438 bits per heavy atom. The second-order valence-corrected chi connectivity index (χ2v) is 57.8. The van der Waals surface area contributed by atoms with Gasteiger partial charge in [0.25, 0.3) is 0 Å². The monoisotopic (exact) mass is 1770 g/mol. The summed E-state index contributed by atoms with van der Waals surface area (Å²) in [6.45, 7) is 60.0. The van der Waals surface area contributed by atoms with Crippen molar-refractivity contribution in [1.82, 2.24) is 0 Å². The van der Waals surface area contributed by atoms with E-state index in [1.54, 1.807) is 88.2 Å². The van der Waals surface area contributed by atoms with Crippen LogP contribution in [0.15, 0.2) is 48.5 Å². The zero-order valence-corrected chi connectivity index (χ0v) is 91.8. The standard InChI is InChI=1S/C18H26.C17H30.C16H30.C14H26.C13H18.C12H22.2C11H22.C9H18.C7H14/c1-15-5-7-16(8-6-15)17-9-13-18(14-10-17)11-3-2-4-12-18;1-15-5-9-17(10-6-15)13-11-16(12-14-17)7-3-2-4-8-16;1-13-6-8-16(9-7-13)11-14(2,3)10-15(4,5)12-16;1-12-4-6-14(7-5-12)10-8-13(2,3)9-11-14;1-11-7-9-13(10-8-11)12-5-3-2-4-6-12;1-11-5-9-12(10-6-11)7-3-2-4-8-12;1-9-6-10(2,3)8-11(4,5)7-9;1-9-5-7-10(8-6-9)11(2,3)4;1-8-4-6-9(2,3)7-5-8;1-7-5-3-2-4-6-7/h5-8,17H,2-4,9-14H2,1H3;15H,2-14H2,1H3;13H,6-12H2,1-5H3;12H,4-11H2,1-3H3;7-10,12H,2-6H2,1H3;11H,2-10H2,1H3;9H,6-8H2,1-5H3;9-10H,5-8H2,1-4H3;8H,4-7H2,1-3H3;7H,2-6H2,1H3. The maximum Gasteiger partial charge on any atom is -0.0162 e. The van der Waals surface area contributed by atoms with Crippen molar-refractivity contribution in [3.8, 4) is 0 Å². The van der Waals surface area contributed by atoms with Gasteiger partial charge < -0.3 is 0 Å². The van der Waals surface area contributed by atoms with E-state index in [0.717, 1.165) is 92.2 Å². The molecular formula is C128H228. The van der Waals surface area contributed by atoms with E-state index in [9.17, 15) is 0 Å². The van der Waals surface area contributed by atoms with Crippen molar-refractivity contribution in [3.05, 3.63) is 70.8 Å². The first-order valence-electron chi connectivity index (χ1n) is 58.3. The first-order chi connectivity index (χ1) is 60.2. The fourth-order valence-electron chi connectivity index (χ4n) is 31.6. The normalized spacial score (nSPS) is 29.1. The molecule has 0 radical (unpaired) electrons. The minimum atomic E-state index is 0.556. The van der Waals surface area contributed by atoms with Crippen LogP contribution >= 0.6 is 0 Å². The van der Waals surface area contributed by atoms with Crippen molar-refractivity contribution in [2.45, 2.75) is 615 Å². The quantitative estimate of drug-likeness (QED) is 0.281. The lowest BCUT2D eigenvalue weighted by atomic mass is 9.51. The van der Waals surface area contributed by atoms with Crippen LogP contribution in [0.2, 0.25) is 0 Å². The van der Waals surface area contributed by atoms with Gasteiger partial charge in [-0.25, -0.2) is 0 Å². The Morgan fingerprint density at radius 3 is 0.742 bits per heavy atom. The van der Waals surface area contributed by atoms with Crippen LogP contribution in [-0.2, 0) is 0 Å². The highest BCUT2D eigenvalue weighted by atomic mass is 14.5. The van der Waals surface area contributed by atoms with Crippen LogP contribution in [0, 0.1) is 138 Å². The molecule has 0 nitrogen and oxygen atoms in total. The molecule has 2 aromatic rings. The molecule has 16 saturated carbocycles. The minimum Gasteiger partial charge on any atom is -0.0625 e. The number of benzene rings is 2. The Morgan fingerprint density at radius 1 is 0.195 bits per heavy atom. The highest BCUT2D eigenvalue weighted by Crippen LogP contribution is 2.62. The SMILES string of the molecule is CC1CC(C)(C)CC(C)(C)C1.CC1CCC(C(C)(C)C)CC1.CC1CCC(C)(C)CC1.CC1CCC2(CC1)CC(C)(C)CC(C)(C)C2.CC1CCC2(CC1)CCC(C)(C)CC2.CC1CCC2(CC1)CCC1(CCCCC1)CC2.CC1CCC2(CCCCC2)CC1.CC1CCCCC1.Cc1ccc(C2CCC3(CCCCC3)CC2)cc1.Cc1ccc(C2CCCCC2)cc1. The van der Waals surface area contributed by atoms with Crippen molar-refractivity contribution < 1.29 is 0 Å². The van der Waals surface area contributed by atoms with Gasteiger partial charge in [0.15, 0.2) is 0 Å². The Kier molecular flexibility index (Phi) is 43.3. The molecule has 6 spiro atoms. The molecule has 0 bridgehead atoms. The molecule has 0 saturated heterocycles. The lowest BCUT2D eigenvalue weighted by Crippen LogP contribution is -2.43. The van der Waals surface area contributed by atoms with Crippen molar-refractivity contribution in [1.29, 1.82) is 0 Å². The first kappa shape index (κ1) is 110. The van der Waals surface area contributed by atoms with E-state index in [0.29, 0.717) is 43.3 Å². The molecule has 0 aromatic heterocycles. The molecule has 0 aliphatic heterocycles. The fraction of sp³-hybridized carbons (Fsp3) is 0.906. The van der Waals surface area contributed by atoms with Crippen LogP contribution in [-0.4, -0.2) is 0 Å². The Labute approximate surface area is 804 Å². The van der Waals surface area contributed by atoms with Crippen LogP contribution < -0.4 is 0 Å². The van der Waals surface area contributed by atoms with Crippen LogP contribution in [0.25, 0.3) is 0 Å². The largest absolute Gasteiger partial charge is 0.0625 e. The Balaban J connectivity index is 0.000000162. The van der Waals surface area contributed by atoms with Crippen molar-refractivity contribution >= 4 is 0 Å². The summed E-state index contributed by atoms with van der Waals surface area (Å²) in [6, 6.07) is 18.4. The van der Waals surface area contributed by atoms with Gasteiger partial charge in [0.2, 0.25) is 0 Å². The van der Waals surface area contributed by atoms with E-state index in [-0.39, 0.29) is 0 Å². The lowest BCUT2D eigenvalue weighted by Gasteiger charge is -2.54. The van der Waals surface area contributed by atoms with Gasteiger partial charge in [-0.15, -0.1) is 0 Å². The molecule has 0 N–H and O–H groups in total. The Hall–Kier alpha value is -1.56. The van der Waals surface area contributed by atoms with Gasteiger partial charge in [-0.1, -0.05) is 405 Å². The molecule has 18 rings (SSSR count). The van der Waals surface area contributed by atoms with Crippen LogP contribution in [0.3, 0.4) is 0 Å². The topological polar surface area (TPSA) is 0 Å². The van der Waals surface area contributed by atoms with Gasteiger partial charge in [0, 0.05) is 0 Å².